The van der Waals surface area contributed by atoms with Crippen molar-refractivity contribution in [1.82, 2.24) is 20.0 Å². The van der Waals surface area contributed by atoms with Crippen molar-refractivity contribution in [3.8, 4) is 0 Å². The molecule has 1 aromatic heterocycles. The van der Waals surface area contributed by atoms with Crippen LogP contribution in [0.2, 0.25) is 0 Å². The average molecular weight is 252 g/mol. The van der Waals surface area contributed by atoms with Gasteiger partial charge >= 0.3 is 0 Å². The van der Waals surface area contributed by atoms with Crippen LogP contribution in [0.25, 0.3) is 0 Å². The summed E-state index contributed by atoms with van der Waals surface area (Å²) in [5, 5.41) is 16.5. The normalized spacial score (nSPS) is 18.3. The molecule has 5 nitrogen and oxygen atoms in total. The van der Waals surface area contributed by atoms with Gasteiger partial charge in [-0.3, -0.25) is 4.68 Å². The van der Waals surface area contributed by atoms with Crippen LogP contribution >= 0.6 is 0 Å². The average Bonchev–Trinajstić information content (AvgIpc) is 2.80. The molecule has 2 N–H and O–H groups in total. The van der Waals surface area contributed by atoms with Gasteiger partial charge in [0.2, 0.25) is 0 Å². The molecule has 2 rings (SSSR count). The first-order valence-electron chi connectivity index (χ1n) is 6.79. The Morgan fingerprint density at radius 3 is 2.94 bits per heavy atom. The monoisotopic (exact) mass is 252 g/mol. The van der Waals surface area contributed by atoms with Crippen molar-refractivity contribution in [3.63, 3.8) is 0 Å². The summed E-state index contributed by atoms with van der Waals surface area (Å²) in [6.07, 6.45) is 6.47. The smallest absolute Gasteiger partial charge is 0.0640 e. The van der Waals surface area contributed by atoms with Gasteiger partial charge in [0.25, 0.3) is 0 Å². The summed E-state index contributed by atoms with van der Waals surface area (Å²) in [7, 11) is 2.19. The molecule has 0 saturated carbocycles. The minimum atomic E-state index is 0.143. The number of hydrogen-bond donors (Lipinski definition) is 2. The Kier molecular flexibility index (Phi) is 5.16. The Morgan fingerprint density at radius 1 is 1.44 bits per heavy atom. The van der Waals surface area contributed by atoms with Crippen molar-refractivity contribution < 1.29 is 5.11 Å². The lowest BCUT2D eigenvalue weighted by Crippen LogP contribution is -2.34. The van der Waals surface area contributed by atoms with Crippen LogP contribution in [0.15, 0.2) is 12.4 Å². The van der Waals surface area contributed by atoms with E-state index in [0.29, 0.717) is 6.54 Å². The second kappa shape index (κ2) is 6.87. The highest BCUT2D eigenvalue weighted by Gasteiger charge is 2.15. The zero-order valence-electron chi connectivity index (χ0n) is 11.2. The van der Waals surface area contributed by atoms with Crippen molar-refractivity contribution in [2.75, 3.05) is 33.3 Å². The fourth-order valence-electron chi connectivity index (χ4n) is 2.41. The van der Waals surface area contributed by atoms with Crippen LogP contribution in [0, 0.1) is 5.92 Å². The van der Waals surface area contributed by atoms with Gasteiger partial charge < -0.3 is 15.3 Å². The number of nitrogens with one attached hydrogen (secondary N) is 1. The van der Waals surface area contributed by atoms with E-state index in [4.69, 9.17) is 5.11 Å². The number of likely N-dealkylation sites (tertiary alicyclic amines) is 1. The zero-order chi connectivity index (χ0) is 12.8. The molecule has 0 bridgehead atoms. The maximum absolute atomic E-state index is 8.82. The Labute approximate surface area is 109 Å². The summed E-state index contributed by atoms with van der Waals surface area (Å²) >= 11 is 0. The van der Waals surface area contributed by atoms with Crippen molar-refractivity contribution in [1.29, 1.82) is 0 Å². The lowest BCUT2D eigenvalue weighted by molar-refractivity contribution is 0.216. The number of hydrogen-bond acceptors (Lipinski definition) is 4. The molecule has 0 amide bonds. The number of rotatable bonds is 6. The summed E-state index contributed by atoms with van der Waals surface area (Å²) in [4.78, 5) is 2.40. The lowest BCUT2D eigenvalue weighted by atomic mass is 9.97. The van der Waals surface area contributed by atoms with E-state index >= 15 is 0 Å². The molecule has 0 aromatic carbocycles. The maximum atomic E-state index is 8.82. The van der Waals surface area contributed by atoms with E-state index in [1.54, 1.807) is 4.68 Å². The summed E-state index contributed by atoms with van der Waals surface area (Å²) in [6.45, 7) is 5.14. The SMILES string of the molecule is CN1CCC(CNCc2cnn(CCO)c2)CC1. The van der Waals surface area contributed by atoms with Crippen LogP contribution in [-0.2, 0) is 13.1 Å². The molecule has 1 saturated heterocycles. The van der Waals surface area contributed by atoms with Crippen LogP contribution in [-0.4, -0.2) is 53.1 Å². The van der Waals surface area contributed by atoms with Gasteiger partial charge in [-0.05, 0) is 45.4 Å². The molecule has 1 fully saturated rings. The largest absolute Gasteiger partial charge is 0.394 e. The number of aliphatic hydroxyl groups is 1. The number of piperidine rings is 1. The van der Waals surface area contributed by atoms with E-state index in [0.717, 1.165) is 19.0 Å². The molecule has 0 aliphatic carbocycles. The van der Waals surface area contributed by atoms with Gasteiger partial charge in [0.05, 0.1) is 19.3 Å². The topological polar surface area (TPSA) is 53.3 Å². The van der Waals surface area contributed by atoms with Crippen molar-refractivity contribution in [2.45, 2.75) is 25.9 Å². The number of aliphatic hydroxyl groups excluding tert-OH is 1. The van der Waals surface area contributed by atoms with Crippen LogP contribution in [0.3, 0.4) is 0 Å². The van der Waals surface area contributed by atoms with Gasteiger partial charge in [-0.25, -0.2) is 0 Å². The van der Waals surface area contributed by atoms with E-state index in [9.17, 15) is 0 Å². The molecule has 1 aliphatic heterocycles. The lowest BCUT2D eigenvalue weighted by Gasteiger charge is -2.28. The molecule has 102 valence electrons. The van der Waals surface area contributed by atoms with Gasteiger partial charge in [0.1, 0.15) is 0 Å². The predicted molar refractivity (Wildman–Crippen MR) is 71.2 cm³/mol. The predicted octanol–water partition coefficient (Wildman–Crippen LogP) is 0.307. The highest BCUT2D eigenvalue weighted by atomic mass is 16.3. The quantitative estimate of drug-likeness (QED) is 0.765. The standard InChI is InChI=1S/C13H24N4O/c1-16-4-2-12(3-5-16)8-14-9-13-10-15-17(11-13)6-7-18/h10-12,14,18H,2-9H2,1H3. The summed E-state index contributed by atoms with van der Waals surface area (Å²) in [5.41, 5.74) is 1.19. The van der Waals surface area contributed by atoms with Crippen LogP contribution in [0.1, 0.15) is 18.4 Å². The molecule has 18 heavy (non-hydrogen) atoms. The second-order valence-corrected chi connectivity index (χ2v) is 5.21. The van der Waals surface area contributed by atoms with Gasteiger partial charge in [-0.1, -0.05) is 0 Å². The second-order valence-electron chi connectivity index (χ2n) is 5.21. The van der Waals surface area contributed by atoms with E-state index in [2.05, 4.69) is 22.4 Å². The number of aromatic nitrogens is 2. The first-order valence-corrected chi connectivity index (χ1v) is 6.79. The Morgan fingerprint density at radius 2 is 2.22 bits per heavy atom. The number of nitrogens with zero attached hydrogens (tertiary/aromatic N) is 3. The van der Waals surface area contributed by atoms with Crippen LogP contribution in [0.5, 0.6) is 0 Å². The Hall–Kier alpha value is -0.910. The van der Waals surface area contributed by atoms with Crippen LogP contribution in [0.4, 0.5) is 0 Å². The van der Waals surface area contributed by atoms with E-state index in [-0.39, 0.29) is 6.61 Å². The molecule has 0 atom stereocenters. The Bertz CT molecular complexity index is 345. The van der Waals surface area contributed by atoms with Gasteiger partial charge in [0, 0.05) is 18.3 Å². The van der Waals surface area contributed by atoms with Gasteiger partial charge in [0.15, 0.2) is 0 Å². The first-order chi connectivity index (χ1) is 8.78. The van der Waals surface area contributed by atoms with Gasteiger partial charge in [-0.15, -0.1) is 0 Å². The molecule has 0 unspecified atom stereocenters. The highest BCUT2D eigenvalue weighted by Crippen LogP contribution is 2.14. The van der Waals surface area contributed by atoms with Crippen molar-refractivity contribution in [2.24, 2.45) is 5.92 Å². The minimum Gasteiger partial charge on any atom is -0.394 e. The first kappa shape index (κ1) is 13.5. The fraction of sp³-hybridized carbons (Fsp3) is 0.769. The van der Waals surface area contributed by atoms with Crippen molar-refractivity contribution in [3.05, 3.63) is 18.0 Å². The molecule has 0 radical (unpaired) electrons. The van der Waals surface area contributed by atoms with Crippen LogP contribution < -0.4 is 5.32 Å². The third kappa shape index (κ3) is 4.08. The highest BCUT2D eigenvalue weighted by molar-refractivity contribution is 5.03. The zero-order valence-corrected chi connectivity index (χ0v) is 11.2. The molecule has 1 aromatic rings. The molecule has 5 heteroatoms. The third-order valence-electron chi connectivity index (χ3n) is 3.62. The minimum absolute atomic E-state index is 0.143. The molecular weight excluding hydrogens is 228 g/mol. The van der Waals surface area contributed by atoms with Crippen molar-refractivity contribution >= 4 is 0 Å². The van der Waals surface area contributed by atoms with E-state index in [1.165, 1.54) is 31.5 Å². The molecule has 2 heterocycles. The molecule has 0 spiro atoms. The third-order valence-corrected chi connectivity index (χ3v) is 3.62. The fourth-order valence-corrected chi connectivity index (χ4v) is 2.41. The maximum Gasteiger partial charge on any atom is 0.0640 e. The van der Waals surface area contributed by atoms with E-state index in [1.807, 2.05) is 12.4 Å². The molecular formula is C13H24N4O. The summed E-state index contributed by atoms with van der Waals surface area (Å²) < 4.78 is 1.78. The Balaban J connectivity index is 1.65. The molecule has 1 aliphatic rings. The van der Waals surface area contributed by atoms with Gasteiger partial charge in [-0.2, -0.15) is 5.10 Å². The summed E-state index contributed by atoms with van der Waals surface area (Å²) in [6, 6.07) is 0. The summed E-state index contributed by atoms with van der Waals surface area (Å²) in [5.74, 6) is 0.814. The van der Waals surface area contributed by atoms with E-state index < -0.39 is 0 Å².